The Labute approximate surface area is 86.6 Å². The maximum absolute atomic E-state index is 10.9. The normalized spacial score (nSPS) is 15.4. The van der Waals surface area contributed by atoms with Gasteiger partial charge in [0, 0.05) is 6.16 Å². The zero-order valence-corrected chi connectivity index (χ0v) is 10.9. The molecule has 0 saturated heterocycles. The van der Waals surface area contributed by atoms with Crippen molar-refractivity contribution in [3.8, 4) is 0 Å². The predicted octanol–water partition coefficient (Wildman–Crippen LogP) is -0.952. The van der Waals surface area contributed by atoms with E-state index in [4.69, 9.17) is 29.4 Å². The van der Waals surface area contributed by atoms with E-state index in [2.05, 4.69) is 0 Å². The molecule has 0 amide bonds. The minimum Gasteiger partial charge on any atom is -0.323 e. The predicted molar refractivity (Wildman–Crippen MR) is 53.4 cm³/mol. The lowest BCUT2D eigenvalue weighted by Crippen LogP contribution is -2.30. The van der Waals surface area contributed by atoms with E-state index in [0.29, 0.717) is 0 Å². The maximum Gasteiger partial charge on any atom is 0.356 e. The fourth-order valence-electron chi connectivity index (χ4n) is 0.866. The van der Waals surface area contributed by atoms with E-state index in [-0.39, 0.29) is 0 Å². The number of rotatable bonds is 4. The van der Waals surface area contributed by atoms with Crippen molar-refractivity contribution in [2.45, 2.75) is 4.64 Å². The SMILES string of the molecule is O=P(O)(O)C(CP)(P(=O)(O)O)P(=O)(O)O. The molecule has 6 N–H and O–H groups in total. The molecule has 0 radical (unpaired) electrons. The van der Waals surface area contributed by atoms with Gasteiger partial charge in [-0.1, -0.05) is 0 Å². The summed E-state index contributed by atoms with van der Waals surface area (Å²) in [6, 6.07) is 0. The molecule has 0 aliphatic heterocycles. The average molecular weight is 302 g/mol. The molecule has 0 rings (SSSR count). The molecule has 0 saturated carbocycles. The molecule has 0 aromatic heterocycles. The Morgan fingerprint density at radius 3 is 1.00 bits per heavy atom. The van der Waals surface area contributed by atoms with Crippen LogP contribution in [0.3, 0.4) is 0 Å². The molecule has 1 unspecified atom stereocenters. The van der Waals surface area contributed by atoms with Crippen molar-refractivity contribution >= 4 is 32.0 Å². The topological polar surface area (TPSA) is 173 Å². The molecule has 0 spiro atoms. The molecular formula is C2H10O9P4. The van der Waals surface area contributed by atoms with Crippen LogP contribution in [0.5, 0.6) is 0 Å². The molecule has 0 aromatic carbocycles. The average Bonchev–Trinajstić information content (AvgIpc) is 1.76. The van der Waals surface area contributed by atoms with Crippen molar-refractivity contribution in [2.75, 3.05) is 6.16 Å². The van der Waals surface area contributed by atoms with Crippen LogP contribution in [-0.2, 0) is 13.7 Å². The van der Waals surface area contributed by atoms with Gasteiger partial charge >= 0.3 is 22.8 Å². The highest BCUT2D eigenvalue weighted by molar-refractivity contribution is 7.89. The van der Waals surface area contributed by atoms with Gasteiger partial charge in [0.15, 0.2) is 0 Å². The van der Waals surface area contributed by atoms with Gasteiger partial charge in [-0.2, -0.15) is 0 Å². The summed E-state index contributed by atoms with van der Waals surface area (Å²) in [5.41, 5.74) is 0. The third-order valence-electron chi connectivity index (χ3n) is 1.67. The van der Waals surface area contributed by atoms with Crippen molar-refractivity contribution in [1.29, 1.82) is 0 Å². The second-order valence-corrected chi connectivity index (χ2v) is 9.63. The molecular weight excluding hydrogens is 292 g/mol. The van der Waals surface area contributed by atoms with Crippen LogP contribution in [0.1, 0.15) is 0 Å². The van der Waals surface area contributed by atoms with E-state index in [0.717, 1.165) is 0 Å². The summed E-state index contributed by atoms with van der Waals surface area (Å²) in [4.78, 5) is 52.3. The molecule has 0 aromatic rings. The second kappa shape index (κ2) is 4.28. The zero-order chi connectivity index (χ0) is 12.7. The third kappa shape index (κ3) is 2.59. The molecule has 92 valence electrons. The molecule has 0 aliphatic carbocycles. The summed E-state index contributed by atoms with van der Waals surface area (Å²) in [7, 11) is -15.6. The van der Waals surface area contributed by atoms with Gasteiger partial charge in [0.05, 0.1) is 0 Å². The Morgan fingerprint density at radius 2 is 1.00 bits per heavy atom. The molecule has 13 heteroatoms. The van der Waals surface area contributed by atoms with Gasteiger partial charge in [-0.05, 0) is 0 Å². The third-order valence-corrected chi connectivity index (χ3v) is 11.4. The Morgan fingerprint density at radius 1 is 0.800 bits per heavy atom. The second-order valence-electron chi connectivity index (χ2n) is 2.61. The molecule has 15 heavy (non-hydrogen) atoms. The summed E-state index contributed by atoms with van der Waals surface area (Å²) in [5.74, 6) is 0. The van der Waals surface area contributed by atoms with E-state index >= 15 is 0 Å². The maximum atomic E-state index is 10.9. The van der Waals surface area contributed by atoms with E-state index in [1.165, 1.54) is 9.24 Å². The molecule has 0 fully saturated rings. The van der Waals surface area contributed by atoms with Crippen molar-refractivity contribution in [1.82, 2.24) is 0 Å². The van der Waals surface area contributed by atoms with Crippen LogP contribution in [0, 0.1) is 0 Å². The minimum absolute atomic E-state index is 1.13. The fraction of sp³-hybridized carbons (Fsp3) is 1.00. The number of hydrogen-bond acceptors (Lipinski definition) is 3. The van der Waals surface area contributed by atoms with Gasteiger partial charge in [0.1, 0.15) is 0 Å². The zero-order valence-electron chi connectivity index (χ0n) is 7.03. The van der Waals surface area contributed by atoms with E-state index in [1.54, 1.807) is 0 Å². The lowest BCUT2D eigenvalue weighted by molar-refractivity contribution is 0.307. The largest absolute Gasteiger partial charge is 0.356 e. The highest BCUT2D eigenvalue weighted by Gasteiger charge is 2.70. The van der Waals surface area contributed by atoms with E-state index in [1.807, 2.05) is 0 Å². The smallest absolute Gasteiger partial charge is 0.323 e. The fourth-order valence-corrected chi connectivity index (χ4v) is 7.79. The van der Waals surface area contributed by atoms with Crippen molar-refractivity contribution in [2.24, 2.45) is 0 Å². The van der Waals surface area contributed by atoms with Gasteiger partial charge < -0.3 is 29.4 Å². The highest BCUT2D eigenvalue weighted by atomic mass is 31.3. The van der Waals surface area contributed by atoms with Crippen LogP contribution in [0.4, 0.5) is 0 Å². The Kier molecular flexibility index (Phi) is 4.53. The summed E-state index contributed by atoms with van der Waals surface area (Å²) < 4.78 is 28.9. The minimum atomic E-state index is -5.70. The van der Waals surface area contributed by atoms with Crippen LogP contribution in [0.2, 0.25) is 0 Å². The molecule has 0 aliphatic rings. The van der Waals surface area contributed by atoms with Crippen LogP contribution < -0.4 is 0 Å². The summed E-state index contributed by atoms with van der Waals surface area (Å²) in [6.45, 7) is 0. The van der Waals surface area contributed by atoms with Gasteiger partial charge in [0.25, 0.3) is 4.64 Å². The van der Waals surface area contributed by atoms with Crippen molar-refractivity contribution < 1.29 is 43.1 Å². The Hall–Kier alpha value is 0.880. The highest BCUT2D eigenvalue weighted by Crippen LogP contribution is 2.82. The summed E-state index contributed by atoms with van der Waals surface area (Å²) in [5, 5.41) is 0. The molecule has 9 nitrogen and oxygen atoms in total. The van der Waals surface area contributed by atoms with E-state index < -0.39 is 33.6 Å². The summed E-state index contributed by atoms with van der Waals surface area (Å²) >= 11 is 0. The Balaban J connectivity index is 6.16. The first kappa shape index (κ1) is 15.9. The van der Waals surface area contributed by atoms with Gasteiger partial charge in [-0.15, -0.1) is 9.24 Å². The first-order valence-electron chi connectivity index (χ1n) is 3.18. The lowest BCUT2D eigenvalue weighted by Gasteiger charge is -2.33. The van der Waals surface area contributed by atoms with E-state index in [9.17, 15) is 13.7 Å². The summed E-state index contributed by atoms with van der Waals surface area (Å²) in [6.07, 6.45) is -1.13. The van der Waals surface area contributed by atoms with Crippen molar-refractivity contribution in [3.05, 3.63) is 0 Å². The standard InChI is InChI=1S/C2H10O9P4/c3-13(4,5)2(1-12,14(6,7)8)15(9,10)11/h1,12H2,(H2,3,4,5)(H2,6,7,8)(H2,9,10,11). The molecule has 1 atom stereocenters. The monoisotopic (exact) mass is 302 g/mol. The molecule has 0 bridgehead atoms. The first-order chi connectivity index (χ1) is 6.31. The van der Waals surface area contributed by atoms with Crippen molar-refractivity contribution in [3.63, 3.8) is 0 Å². The van der Waals surface area contributed by atoms with Crippen LogP contribution in [0.15, 0.2) is 0 Å². The Bertz CT molecular complexity index is 313. The molecule has 0 heterocycles. The number of hydrogen-bond donors (Lipinski definition) is 6. The lowest BCUT2D eigenvalue weighted by atomic mass is 10.9. The quantitative estimate of drug-likeness (QED) is 0.358. The van der Waals surface area contributed by atoms with Gasteiger partial charge in [-0.3, -0.25) is 13.7 Å². The first-order valence-corrected chi connectivity index (χ1v) is 8.83. The van der Waals surface area contributed by atoms with Gasteiger partial charge in [0.2, 0.25) is 0 Å². The van der Waals surface area contributed by atoms with Crippen LogP contribution in [-0.4, -0.2) is 40.2 Å². The van der Waals surface area contributed by atoms with Crippen LogP contribution in [0.25, 0.3) is 0 Å². The van der Waals surface area contributed by atoms with Gasteiger partial charge in [-0.25, -0.2) is 0 Å². The van der Waals surface area contributed by atoms with Crippen LogP contribution >= 0.6 is 32.0 Å².